The second-order valence-electron chi connectivity index (χ2n) is 6.23. The Bertz CT molecular complexity index is 499. The van der Waals surface area contributed by atoms with E-state index in [2.05, 4.69) is 29.5 Å². The number of pyridine rings is 1. The number of piperidine rings is 1. The van der Waals surface area contributed by atoms with Gasteiger partial charge in [0, 0.05) is 23.8 Å². The van der Waals surface area contributed by atoms with E-state index in [4.69, 9.17) is 5.73 Å². The predicted octanol–water partition coefficient (Wildman–Crippen LogP) is 1.68. The largest absolute Gasteiger partial charge is 0.368 e. The normalized spacial score (nSPS) is 21.4. The van der Waals surface area contributed by atoms with Gasteiger partial charge in [0.25, 0.3) is 0 Å². The predicted molar refractivity (Wildman–Crippen MR) is 80.8 cm³/mol. The molecule has 5 heteroatoms. The number of hydrogen-bond acceptors (Lipinski definition) is 4. The van der Waals surface area contributed by atoms with E-state index in [0.717, 1.165) is 18.8 Å². The van der Waals surface area contributed by atoms with E-state index in [0.29, 0.717) is 17.4 Å². The van der Waals surface area contributed by atoms with Crippen LogP contribution in [0.3, 0.4) is 0 Å². The molecule has 0 spiro atoms. The van der Waals surface area contributed by atoms with Gasteiger partial charge in [-0.3, -0.25) is 4.79 Å². The van der Waals surface area contributed by atoms with E-state index in [1.807, 2.05) is 6.92 Å². The van der Waals surface area contributed by atoms with Crippen molar-refractivity contribution >= 4 is 11.7 Å². The number of nitrogens with one attached hydrogen (secondary N) is 2. The first-order valence-corrected chi connectivity index (χ1v) is 7.14. The van der Waals surface area contributed by atoms with Gasteiger partial charge in [-0.15, -0.1) is 0 Å². The highest BCUT2D eigenvalue weighted by molar-refractivity contribution is 5.93. The summed E-state index contributed by atoms with van der Waals surface area (Å²) in [6.07, 6.45) is 2.44. The van der Waals surface area contributed by atoms with Gasteiger partial charge in [0.1, 0.15) is 5.82 Å². The Labute approximate surface area is 120 Å². The van der Waals surface area contributed by atoms with Crippen molar-refractivity contribution in [3.05, 3.63) is 23.4 Å². The standard InChI is InChI=1S/C15H24N4O/c1-10-7-11(14(16)20)8-13(19-10)18-9-12-15(2,3)5-4-6-17-12/h7-8,12,17H,4-6,9H2,1-3H3,(H2,16,20)(H,18,19). The molecule has 4 N–H and O–H groups in total. The summed E-state index contributed by atoms with van der Waals surface area (Å²) in [5, 5.41) is 6.87. The molecule has 0 aromatic carbocycles. The fraction of sp³-hybridized carbons (Fsp3) is 0.600. The van der Waals surface area contributed by atoms with Gasteiger partial charge in [0.15, 0.2) is 0 Å². The molecule has 1 atom stereocenters. The van der Waals surface area contributed by atoms with Crippen molar-refractivity contribution in [1.82, 2.24) is 10.3 Å². The number of anilines is 1. The zero-order chi connectivity index (χ0) is 14.8. The van der Waals surface area contributed by atoms with E-state index in [1.54, 1.807) is 12.1 Å². The molecule has 1 aromatic heterocycles. The maximum absolute atomic E-state index is 11.3. The Balaban J connectivity index is 2.05. The molecule has 1 aliphatic heterocycles. The van der Waals surface area contributed by atoms with Crippen molar-refractivity contribution in [2.45, 2.75) is 39.7 Å². The monoisotopic (exact) mass is 276 g/mol. The van der Waals surface area contributed by atoms with Crippen LogP contribution in [-0.2, 0) is 0 Å². The minimum atomic E-state index is -0.422. The number of hydrogen-bond donors (Lipinski definition) is 3. The fourth-order valence-electron chi connectivity index (χ4n) is 2.73. The van der Waals surface area contributed by atoms with Gasteiger partial charge in [-0.25, -0.2) is 4.98 Å². The van der Waals surface area contributed by atoms with Gasteiger partial charge in [0.2, 0.25) is 5.91 Å². The Morgan fingerprint density at radius 2 is 2.30 bits per heavy atom. The summed E-state index contributed by atoms with van der Waals surface area (Å²) in [5.74, 6) is 0.289. The summed E-state index contributed by atoms with van der Waals surface area (Å²) in [7, 11) is 0. The van der Waals surface area contributed by atoms with Crippen LogP contribution in [0.4, 0.5) is 5.82 Å². The Morgan fingerprint density at radius 3 is 2.95 bits per heavy atom. The van der Waals surface area contributed by atoms with Crippen molar-refractivity contribution in [2.75, 3.05) is 18.4 Å². The molecule has 0 bridgehead atoms. The Morgan fingerprint density at radius 1 is 1.55 bits per heavy atom. The van der Waals surface area contributed by atoms with E-state index in [1.165, 1.54) is 12.8 Å². The highest BCUT2D eigenvalue weighted by Crippen LogP contribution is 2.30. The lowest BCUT2D eigenvalue weighted by Gasteiger charge is -2.39. The topological polar surface area (TPSA) is 80.0 Å². The molecule has 1 aliphatic rings. The first-order valence-electron chi connectivity index (χ1n) is 7.14. The Hall–Kier alpha value is -1.62. The van der Waals surface area contributed by atoms with Crippen LogP contribution >= 0.6 is 0 Å². The molecule has 20 heavy (non-hydrogen) atoms. The van der Waals surface area contributed by atoms with E-state index < -0.39 is 5.91 Å². The molecular formula is C15H24N4O. The third-order valence-corrected chi connectivity index (χ3v) is 4.06. The lowest BCUT2D eigenvalue weighted by molar-refractivity contribution is 0.1000. The number of aryl methyl sites for hydroxylation is 1. The molecule has 0 saturated carbocycles. The van der Waals surface area contributed by atoms with Crippen LogP contribution in [0.5, 0.6) is 0 Å². The number of carbonyl (C=O) groups excluding carboxylic acids is 1. The van der Waals surface area contributed by atoms with Gasteiger partial charge in [-0.05, 0) is 43.9 Å². The first kappa shape index (κ1) is 14.8. The quantitative estimate of drug-likeness (QED) is 0.781. The van der Waals surface area contributed by atoms with E-state index >= 15 is 0 Å². The molecule has 0 aliphatic carbocycles. The molecule has 110 valence electrons. The second kappa shape index (κ2) is 5.79. The minimum absolute atomic E-state index is 0.265. The van der Waals surface area contributed by atoms with Gasteiger partial charge in [-0.2, -0.15) is 0 Å². The molecule has 0 radical (unpaired) electrons. The number of rotatable bonds is 4. The van der Waals surface area contributed by atoms with Crippen LogP contribution in [0.2, 0.25) is 0 Å². The molecule has 1 unspecified atom stereocenters. The minimum Gasteiger partial charge on any atom is -0.368 e. The number of aromatic nitrogens is 1. The average Bonchev–Trinajstić information content (AvgIpc) is 2.36. The van der Waals surface area contributed by atoms with Crippen molar-refractivity contribution in [2.24, 2.45) is 11.1 Å². The third kappa shape index (κ3) is 3.48. The van der Waals surface area contributed by atoms with Crippen LogP contribution in [0, 0.1) is 12.3 Å². The molecule has 5 nitrogen and oxygen atoms in total. The highest BCUT2D eigenvalue weighted by atomic mass is 16.1. The van der Waals surface area contributed by atoms with Crippen molar-refractivity contribution in [3.63, 3.8) is 0 Å². The molecular weight excluding hydrogens is 252 g/mol. The molecule has 2 heterocycles. The second-order valence-corrected chi connectivity index (χ2v) is 6.23. The van der Waals surface area contributed by atoms with Crippen LogP contribution in [0.25, 0.3) is 0 Å². The van der Waals surface area contributed by atoms with Crippen molar-refractivity contribution < 1.29 is 4.79 Å². The summed E-state index contributed by atoms with van der Waals surface area (Å²) in [6, 6.07) is 3.82. The number of amides is 1. The summed E-state index contributed by atoms with van der Waals surface area (Å²) < 4.78 is 0. The molecule has 1 saturated heterocycles. The lowest BCUT2D eigenvalue weighted by atomic mass is 9.77. The number of nitrogens with two attached hydrogens (primary N) is 1. The summed E-state index contributed by atoms with van der Waals surface area (Å²) in [5.41, 5.74) is 6.88. The maximum Gasteiger partial charge on any atom is 0.248 e. The van der Waals surface area contributed by atoms with Gasteiger partial charge in [-0.1, -0.05) is 13.8 Å². The third-order valence-electron chi connectivity index (χ3n) is 4.06. The lowest BCUT2D eigenvalue weighted by Crippen LogP contribution is -2.50. The molecule has 1 aromatic rings. The zero-order valence-corrected chi connectivity index (χ0v) is 12.5. The van der Waals surface area contributed by atoms with E-state index in [9.17, 15) is 4.79 Å². The number of carbonyl (C=O) groups is 1. The van der Waals surface area contributed by atoms with Crippen LogP contribution < -0.4 is 16.4 Å². The summed E-state index contributed by atoms with van der Waals surface area (Å²) in [4.78, 5) is 15.7. The summed E-state index contributed by atoms with van der Waals surface area (Å²) in [6.45, 7) is 8.28. The fourth-order valence-corrected chi connectivity index (χ4v) is 2.73. The van der Waals surface area contributed by atoms with Crippen molar-refractivity contribution in [1.29, 1.82) is 0 Å². The van der Waals surface area contributed by atoms with Crippen LogP contribution in [-0.4, -0.2) is 30.0 Å². The smallest absolute Gasteiger partial charge is 0.248 e. The highest BCUT2D eigenvalue weighted by Gasteiger charge is 2.31. The SMILES string of the molecule is Cc1cc(C(N)=O)cc(NCC2NCCCC2(C)C)n1. The average molecular weight is 276 g/mol. The van der Waals surface area contributed by atoms with E-state index in [-0.39, 0.29) is 5.41 Å². The molecule has 1 fully saturated rings. The zero-order valence-electron chi connectivity index (χ0n) is 12.5. The number of primary amides is 1. The van der Waals surface area contributed by atoms with Gasteiger partial charge in [0.05, 0.1) is 0 Å². The van der Waals surface area contributed by atoms with Crippen LogP contribution in [0.15, 0.2) is 12.1 Å². The Kier molecular flexibility index (Phi) is 4.28. The number of nitrogens with zero attached hydrogens (tertiary/aromatic N) is 1. The maximum atomic E-state index is 11.3. The van der Waals surface area contributed by atoms with Gasteiger partial charge < -0.3 is 16.4 Å². The first-order chi connectivity index (χ1) is 9.38. The molecule has 2 rings (SSSR count). The van der Waals surface area contributed by atoms with Crippen molar-refractivity contribution in [3.8, 4) is 0 Å². The van der Waals surface area contributed by atoms with Crippen LogP contribution in [0.1, 0.15) is 42.7 Å². The summed E-state index contributed by atoms with van der Waals surface area (Å²) >= 11 is 0. The van der Waals surface area contributed by atoms with Gasteiger partial charge >= 0.3 is 0 Å². The molecule has 1 amide bonds.